The first-order chi connectivity index (χ1) is 16.3. The van der Waals surface area contributed by atoms with E-state index in [2.05, 4.69) is 15.6 Å². The Hall–Kier alpha value is -3.82. The molecule has 0 radical (unpaired) electrons. The van der Waals surface area contributed by atoms with Crippen molar-refractivity contribution < 1.29 is 23.8 Å². The molecule has 2 aromatic rings. The smallest absolute Gasteiger partial charge is 0.328 e. The number of nitrogens with one attached hydrogen (secondary N) is 2. The highest BCUT2D eigenvalue weighted by Crippen LogP contribution is 2.31. The third-order valence-corrected chi connectivity index (χ3v) is 6.26. The molecule has 174 valence electrons. The lowest BCUT2D eigenvalue weighted by atomic mass is 10.0. The molecule has 2 aliphatic heterocycles. The Morgan fingerprint density at radius 2 is 1.68 bits per heavy atom. The lowest BCUT2D eigenvalue weighted by Gasteiger charge is -2.20. The Morgan fingerprint density at radius 1 is 1.03 bits per heavy atom. The van der Waals surface area contributed by atoms with Crippen molar-refractivity contribution in [1.29, 1.82) is 0 Å². The number of carboxylic acid groups (broad SMARTS) is 1. The van der Waals surface area contributed by atoms with E-state index in [1.165, 1.54) is 29.9 Å². The molecule has 0 fully saturated rings. The van der Waals surface area contributed by atoms with Gasteiger partial charge in [-0.05, 0) is 54.4 Å². The van der Waals surface area contributed by atoms with Gasteiger partial charge in [0.25, 0.3) is 5.91 Å². The van der Waals surface area contributed by atoms with Gasteiger partial charge < -0.3 is 20.5 Å². The fourth-order valence-corrected chi connectivity index (χ4v) is 4.12. The van der Waals surface area contributed by atoms with Crippen LogP contribution in [-0.2, 0) is 9.53 Å². The molecule has 0 saturated carbocycles. The number of hydrogen-bond acceptors (Lipinski definition) is 6. The number of aromatic nitrogens is 1. The molecule has 9 heteroatoms. The first kappa shape index (κ1) is 23.3. The van der Waals surface area contributed by atoms with Crippen LogP contribution in [-0.4, -0.2) is 41.2 Å². The quantitative estimate of drug-likeness (QED) is 0.328. The van der Waals surface area contributed by atoms with Crippen molar-refractivity contribution in [3.63, 3.8) is 0 Å². The van der Waals surface area contributed by atoms with Crippen LogP contribution in [0.4, 0.5) is 15.9 Å². The molecule has 7 nitrogen and oxygen atoms in total. The van der Waals surface area contributed by atoms with E-state index < -0.39 is 24.0 Å². The second kappa shape index (κ2) is 9.98. The first-order valence-corrected chi connectivity index (χ1v) is 11.3. The minimum absolute atomic E-state index is 0.282. The standard InChI is InChI=1S/C25H22FN3O4S/c1-14(33-2)22(25(31)32)29-23(30)17-5-3-15(4-6-17)16-7-9-20(10-8-16)27-21-12-18-11-19(26)13-34-24(18)28-21/h3-14,22,27H,1-2H3,(H,29,30)(H,31,32)/t14-,22-/m0/s1. The number of amides is 1. The van der Waals surface area contributed by atoms with Gasteiger partial charge in [-0.1, -0.05) is 24.3 Å². The van der Waals surface area contributed by atoms with Gasteiger partial charge in [-0.3, -0.25) is 4.79 Å². The number of carbonyl (C=O) groups is 2. The van der Waals surface area contributed by atoms with Crippen LogP contribution in [0.25, 0.3) is 21.7 Å². The van der Waals surface area contributed by atoms with Crippen LogP contribution in [0.2, 0.25) is 0 Å². The molecular weight excluding hydrogens is 457 g/mol. The van der Waals surface area contributed by atoms with Crippen LogP contribution >= 0.6 is 11.3 Å². The third kappa shape index (κ3) is 5.22. The number of carbonyl (C=O) groups excluding carboxylic acids is 1. The number of carboxylic acids is 1. The summed E-state index contributed by atoms with van der Waals surface area (Å²) >= 11 is 1.25. The van der Waals surface area contributed by atoms with E-state index in [1.807, 2.05) is 24.3 Å². The predicted octanol–water partition coefficient (Wildman–Crippen LogP) is 5.02. The second-order valence-corrected chi connectivity index (χ2v) is 8.53. The topological polar surface area (TPSA) is 101 Å². The molecule has 2 aliphatic rings. The summed E-state index contributed by atoms with van der Waals surface area (Å²) in [6.45, 7) is 1.58. The van der Waals surface area contributed by atoms with Crippen LogP contribution in [0, 0.1) is 5.82 Å². The first-order valence-electron chi connectivity index (χ1n) is 10.4. The molecule has 0 aliphatic carbocycles. The maximum Gasteiger partial charge on any atom is 0.328 e. The van der Waals surface area contributed by atoms with Gasteiger partial charge in [-0.2, -0.15) is 0 Å². The normalized spacial score (nSPS) is 12.8. The number of rotatable bonds is 8. The second-order valence-electron chi connectivity index (χ2n) is 7.68. The van der Waals surface area contributed by atoms with Gasteiger partial charge in [0.15, 0.2) is 6.04 Å². The Bertz CT molecular complexity index is 1270. The molecule has 0 spiro atoms. The minimum Gasteiger partial charge on any atom is -0.480 e. The van der Waals surface area contributed by atoms with E-state index in [4.69, 9.17) is 4.74 Å². The third-order valence-electron chi connectivity index (χ3n) is 5.37. The fraction of sp³-hybridized carbons (Fsp3) is 0.160. The molecule has 2 aromatic carbocycles. The van der Waals surface area contributed by atoms with E-state index in [1.54, 1.807) is 37.3 Å². The highest BCUT2D eigenvalue weighted by Gasteiger charge is 2.26. The Kier molecular flexibility index (Phi) is 6.85. The molecule has 34 heavy (non-hydrogen) atoms. The number of anilines is 2. The van der Waals surface area contributed by atoms with Gasteiger partial charge >= 0.3 is 5.97 Å². The van der Waals surface area contributed by atoms with Crippen molar-refractivity contribution in [3.8, 4) is 21.7 Å². The highest BCUT2D eigenvalue weighted by atomic mass is 32.1. The van der Waals surface area contributed by atoms with Crippen molar-refractivity contribution in [2.45, 2.75) is 19.1 Å². The van der Waals surface area contributed by atoms with Crippen molar-refractivity contribution in [2.24, 2.45) is 0 Å². The number of nitrogens with zero attached hydrogens (tertiary/aromatic N) is 1. The van der Waals surface area contributed by atoms with Crippen LogP contribution in [0.5, 0.6) is 0 Å². The fourth-order valence-electron chi connectivity index (χ4n) is 3.42. The molecule has 2 atom stereocenters. The summed E-state index contributed by atoms with van der Waals surface area (Å²) in [6, 6.07) is 16.7. The SMILES string of the molecule is CO[C@@H](C)[C@H](NC(=O)c1ccc(-c2ccc(Nc3cc4cc(F)csc-4n3)cc2)cc1)C(=O)O. The van der Waals surface area contributed by atoms with Crippen molar-refractivity contribution >= 4 is 34.7 Å². The molecule has 0 bridgehead atoms. The summed E-state index contributed by atoms with van der Waals surface area (Å²) in [4.78, 5) is 28.3. The number of hydrogen-bond donors (Lipinski definition) is 3. The molecule has 3 N–H and O–H groups in total. The van der Waals surface area contributed by atoms with Crippen LogP contribution in [0.1, 0.15) is 17.3 Å². The zero-order valence-corrected chi connectivity index (χ0v) is 19.2. The zero-order chi connectivity index (χ0) is 24.2. The summed E-state index contributed by atoms with van der Waals surface area (Å²) in [5.74, 6) is -1.29. The van der Waals surface area contributed by atoms with Gasteiger partial charge in [-0.25, -0.2) is 14.2 Å². The number of methoxy groups -OCH3 is 1. The maximum atomic E-state index is 13.4. The van der Waals surface area contributed by atoms with Crippen LogP contribution in [0.3, 0.4) is 0 Å². The molecule has 0 aromatic heterocycles. The summed E-state index contributed by atoms with van der Waals surface area (Å²) in [7, 11) is 1.39. The van der Waals surface area contributed by atoms with Crippen molar-refractivity contribution in [1.82, 2.24) is 10.3 Å². The number of benzene rings is 2. The van der Waals surface area contributed by atoms with Gasteiger partial charge in [0.2, 0.25) is 0 Å². The van der Waals surface area contributed by atoms with Crippen molar-refractivity contribution in [3.05, 3.63) is 77.4 Å². The number of ether oxygens (including phenoxy) is 1. The molecule has 2 heterocycles. The largest absolute Gasteiger partial charge is 0.480 e. The molecule has 1 amide bonds. The van der Waals surface area contributed by atoms with E-state index in [9.17, 15) is 19.1 Å². The molecule has 0 saturated heterocycles. The number of fused-ring (bicyclic) bond motifs is 1. The summed E-state index contributed by atoms with van der Waals surface area (Å²) < 4.78 is 18.4. The summed E-state index contributed by atoms with van der Waals surface area (Å²) in [6.07, 6.45) is -0.670. The Morgan fingerprint density at radius 3 is 2.29 bits per heavy atom. The van der Waals surface area contributed by atoms with Crippen molar-refractivity contribution in [2.75, 3.05) is 12.4 Å². The van der Waals surface area contributed by atoms with E-state index in [0.717, 1.165) is 27.4 Å². The predicted molar refractivity (Wildman–Crippen MR) is 129 cm³/mol. The lowest BCUT2D eigenvalue weighted by Crippen LogP contribution is -2.48. The zero-order valence-electron chi connectivity index (χ0n) is 18.4. The highest BCUT2D eigenvalue weighted by molar-refractivity contribution is 7.13. The van der Waals surface area contributed by atoms with Crippen LogP contribution < -0.4 is 10.6 Å². The Balaban J connectivity index is 1.43. The van der Waals surface area contributed by atoms with Gasteiger partial charge in [0.05, 0.1) is 6.10 Å². The monoisotopic (exact) mass is 479 g/mol. The van der Waals surface area contributed by atoms with E-state index >= 15 is 0 Å². The summed E-state index contributed by atoms with van der Waals surface area (Å²) in [5.41, 5.74) is 3.78. The maximum absolute atomic E-state index is 13.4. The van der Waals surface area contributed by atoms with Gasteiger partial charge in [-0.15, -0.1) is 11.3 Å². The summed E-state index contributed by atoms with van der Waals surface area (Å²) in [5, 5.41) is 17.2. The van der Waals surface area contributed by atoms with Crippen LogP contribution in [0.15, 0.2) is 66.0 Å². The molecular formula is C25H22FN3O4S. The Labute approximate surface area is 199 Å². The van der Waals surface area contributed by atoms with E-state index in [-0.39, 0.29) is 5.82 Å². The number of halogens is 1. The lowest BCUT2D eigenvalue weighted by molar-refractivity contribution is -0.142. The minimum atomic E-state index is -1.16. The number of aliphatic carboxylic acids is 1. The average molecular weight is 480 g/mol. The average Bonchev–Trinajstić information content (AvgIpc) is 3.23. The van der Waals surface area contributed by atoms with Gasteiger partial charge in [0, 0.05) is 29.3 Å². The van der Waals surface area contributed by atoms with E-state index in [0.29, 0.717) is 11.4 Å². The van der Waals surface area contributed by atoms with Gasteiger partial charge in [0.1, 0.15) is 16.6 Å². The molecule has 0 unspecified atom stereocenters. The molecule has 4 rings (SSSR count).